The van der Waals surface area contributed by atoms with Gasteiger partial charge in [-0.15, -0.1) is 0 Å². The highest BCUT2D eigenvalue weighted by Crippen LogP contribution is 2.24. The number of halogens is 1. The van der Waals surface area contributed by atoms with Crippen molar-refractivity contribution in [3.63, 3.8) is 0 Å². The van der Waals surface area contributed by atoms with Crippen molar-refractivity contribution in [1.29, 1.82) is 0 Å². The van der Waals surface area contributed by atoms with E-state index in [2.05, 4.69) is 5.32 Å². The lowest BCUT2D eigenvalue weighted by atomic mass is 10.1. The third-order valence-electron chi connectivity index (χ3n) is 5.32. The Labute approximate surface area is 200 Å². The van der Waals surface area contributed by atoms with Gasteiger partial charge >= 0.3 is 0 Å². The number of rotatable bonds is 12. The summed E-state index contributed by atoms with van der Waals surface area (Å²) in [4.78, 5) is 27.3. The van der Waals surface area contributed by atoms with Crippen molar-refractivity contribution in [1.82, 2.24) is 10.2 Å². The molecule has 0 saturated carbocycles. The molecule has 186 valence electrons. The number of hydrogen-bond acceptors (Lipinski definition) is 5. The molecule has 2 amide bonds. The van der Waals surface area contributed by atoms with Gasteiger partial charge in [0.15, 0.2) is 0 Å². The largest absolute Gasteiger partial charge is 0.497 e. The second kappa shape index (κ2) is 12.4. The van der Waals surface area contributed by atoms with Crippen molar-refractivity contribution in [2.45, 2.75) is 39.3 Å². The number of carbonyl (C=O) groups excluding carboxylic acids is 2. The molecule has 0 bridgehead atoms. The normalized spacial score (nSPS) is 12.0. The lowest BCUT2D eigenvalue weighted by molar-refractivity contribution is -0.139. The van der Waals surface area contributed by atoms with Crippen LogP contribution in [0.3, 0.4) is 0 Å². The molecule has 0 aromatic heterocycles. The van der Waals surface area contributed by atoms with E-state index in [4.69, 9.17) is 4.74 Å². The van der Waals surface area contributed by atoms with Gasteiger partial charge in [-0.25, -0.2) is 12.8 Å². The van der Waals surface area contributed by atoms with E-state index >= 15 is 0 Å². The molecule has 10 heteroatoms. The van der Waals surface area contributed by atoms with Crippen molar-refractivity contribution in [3.8, 4) is 5.75 Å². The van der Waals surface area contributed by atoms with Crippen LogP contribution in [0.5, 0.6) is 5.75 Å². The summed E-state index contributed by atoms with van der Waals surface area (Å²) >= 11 is 0. The number of benzene rings is 2. The van der Waals surface area contributed by atoms with Crippen molar-refractivity contribution in [2.75, 3.05) is 30.8 Å². The van der Waals surface area contributed by atoms with Crippen LogP contribution in [-0.4, -0.2) is 57.6 Å². The second-order valence-corrected chi connectivity index (χ2v) is 9.81. The van der Waals surface area contributed by atoms with Crippen LogP contribution in [0.25, 0.3) is 0 Å². The Bertz CT molecular complexity index is 1090. The summed E-state index contributed by atoms with van der Waals surface area (Å²) in [6.45, 7) is 3.22. The van der Waals surface area contributed by atoms with E-state index in [1.54, 1.807) is 24.3 Å². The van der Waals surface area contributed by atoms with E-state index < -0.39 is 40.2 Å². The van der Waals surface area contributed by atoms with E-state index in [1.807, 2.05) is 6.92 Å². The molecule has 0 radical (unpaired) electrons. The summed E-state index contributed by atoms with van der Waals surface area (Å²) < 4.78 is 45.6. The Morgan fingerprint density at radius 1 is 1.15 bits per heavy atom. The van der Waals surface area contributed by atoms with E-state index in [0.29, 0.717) is 12.3 Å². The molecule has 1 atom stereocenters. The second-order valence-electron chi connectivity index (χ2n) is 7.90. The van der Waals surface area contributed by atoms with Crippen LogP contribution in [0.4, 0.5) is 10.1 Å². The van der Waals surface area contributed by atoms with Crippen molar-refractivity contribution >= 4 is 27.5 Å². The number of hydrogen-bond donors (Lipinski definition) is 1. The molecule has 0 fully saturated rings. The Hall–Kier alpha value is -3.14. The fourth-order valence-corrected chi connectivity index (χ4v) is 4.15. The standard InChI is InChI=1S/C24H32FN3O5S/c1-5-6-14-26-24(30)18(2)27(16-19-10-7-8-13-22(19)25)23(29)17-28(34(4,31)32)20-11-9-12-21(15-20)33-3/h7-13,15,18H,5-6,14,16-17H2,1-4H3,(H,26,30)/t18-/m1/s1. The molecule has 34 heavy (non-hydrogen) atoms. The highest BCUT2D eigenvalue weighted by molar-refractivity contribution is 7.92. The van der Waals surface area contributed by atoms with Gasteiger partial charge < -0.3 is 15.0 Å². The van der Waals surface area contributed by atoms with Crippen LogP contribution in [0, 0.1) is 5.82 Å². The summed E-state index contributed by atoms with van der Waals surface area (Å²) in [7, 11) is -2.41. The van der Waals surface area contributed by atoms with Gasteiger partial charge in [-0.1, -0.05) is 37.6 Å². The highest BCUT2D eigenvalue weighted by atomic mass is 32.2. The van der Waals surface area contributed by atoms with E-state index in [1.165, 1.54) is 43.2 Å². The number of nitrogens with zero attached hydrogens (tertiary/aromatic N) is 2. The van der Waals surface area contributed by atoms with Gasteiger partial charge in [-0.2, -0.15) is 0 Å². The van der Waals surface area contributed by atoms with Crippen LogP contribution in [0.15, 0.2) is 48.5 Å². The van der Waals surface area contributed by atoms with Gasteiger partial charge in [0.05, 0.1) is 19.1 Å². The number of carbonyl (C=O) groups is 2. The lowest BCUT2D eigenvalue weighted by Crippen LogP contribution is -2.51. The first-order valence-corrected chi connectivity index (χ1v) is 12.9. The zero-order valence-corrected chi connectivity index (χ0v) is 20.8. The lowest BCUT2D eigenvalue weighted by Gasteiger charge is -2.31. The van der Waals surface area contributed by atoms with Crippen LogP contribution < -0.4 is 14.4 Å². The van der Waals surface area contributed by atoms with Crippen molar-refractivity contribution in [2.24, 2.45) is 0 Å². The van der Waals surface area contributed by atoms with Crippen LogP contribution in [-0.2, 0) is 26.2 Å². The summed E-state index contributed by atoms with van der Waals surface area (Å²) in [6.07, 6.45) is 2.65. The maximum absolute atomic E-state index is 14.4. The average Bonchev–Trinajstić information content (AvgIpc) is 2.80. The van der Waals surface area contributed by atoms with Crippen molar-refractivity contribution in [3.05, 3.63) is 59.9 Å². The molecule has 8 nitrogen and oxygen atoms in total. The number of methoxy groups -OCH3 is 1. The number of sulfonamides is 1. The fraction of sp³-hybridized carbons (Fsp3) is 0.417. The first kappa shape index (κ1) is 27.1. The number of nitrogens with one attached hydrogen (secondary N) is 1. The van der Waals surface area contributed by atoms with Crippen LogP contribution >= 0.6 is 0 Å². The van der Waals surface area contributed by atoms with Crippen molar-refractivity contribution < 1.29 is 27.1 Å². The van der Waals surface area contributed by atoms with Gasteiger partial charge in [0.1, 0.15) is 24.2 Å². The summed E-state index contributed by atoms with van der Waals surface area (Å²) in [5, 5.41) is 2.77. The molecule has 2 aromatic rings. The Morgan fingerprint density at radius 2 is 1.85 bits per heavy atom. The maximum Gasteiger partial charge on any atom is 0.244 e. The minimum atomic E-state index is -3.86. The third kappa shape index (κ3) is 7.44. The maximum atomic E-state index is 14.4. The SMILES string of the molecule is CCCCNC(=O)[C@@H](C)N(Cc1ccccc1F)C(=O)CN(c1cccc(OC)c1)S(C)(=O)=O. The average molecular weight is 494 g/mol. The van der Waals surface area contributed by atoms with Gasteiger partial charge in [0.2, 0.25) is 21.8 Å². The minimum absolute atomic E-state index is 0.191. The Balaban J connectivity index is 2.37. The molecular formula is C24H32FN3O5S. The summed E-state index contributed by atoms with van der Waals surface area (Å²) in [6, 6.07) is 11.3. The van der Waals surface area contributed by atoms with E-state index in [9.17, 15) is 22.4 Å². The molecule has 0 unspecified atom stereocenters. The molecule has 0 aliphatic heterocycles. The Morgan fingerprint density at radius 3 is 2.47 bits per heavy atom. The molecule has 2 aromatic carbocycles. The molecule has 2 rings (SSSR count). The first-order valence-electron chi connectivity index (χ1n) is 11.0. The zero-order valence-electron chi connectivity index (χ0n) is 20.0. The van der Waals surface area contributed by atoms with E-state index in [0.717, 1.165) is 23.4 Å². The van der Waals surface area contributed by atoms with E-state index in [-0.39, 0.29) is 17.8 Å². The highest BCUT2D eigenvalue weighted by Gasteiger charge is 2.30. The molecular weight excluding hydrogens is 461 g/mol. The number of amides is 2. The number of anilines is 1. The molecule has 0 aliphatic rings. The quantitative estimate of drug-likeness (QED) is 0.459. The predicted molar refractivity (Wildman–Crippen MR) is 130 cm³/mol. The van der Waals surface area contributed by atoms with Crippen LogP contribution in [0.2, 0.25) is 0 Å². The topological polar surface area (TPSA) is 96.0 Å². The smallest absolute Gasteiger partial charge is 0.244 e. The minimum Gasteiger partial charge on any atom is -0.497 e. The van der Waals surface area contributed by atoms with Crippen LogP contribution in [0.1, 0.15) is 32.3 Å². The third-order valence-corrected chi connectivity index (χ3v) is 6.46. The Kier molecular flexibility index (Phi) is 9.85. The predicted octanol–water partition coefficient (Wildman–Crippen LogP) is 2.93. The summed E-state index contributed by atoms with van der Waals surface area (Å²) in [5.41, 5.74) is 0.456. The monoisotopic (exact) mass is 493 g/mol. The number of ether oxygens (including phenoxy) is 1. The molecule has 0 aliphatic carbocycles. The number of unbranched alkanes of at least 4 members (excludes halogenated alkanes) is 1. The fourth-order valence-electron chi connectivity index (χ4n) is 3.31. The zero-order chi connectivity index (χ0) is 25.3. The molecule has 0 saturated heterocycles. The molecule has 0 spiro atoms. The van der Waals surface area contributed by atoms with Gasteiger partial charge in [0, 0.05) is 24.7 Å². The van der Waals surface area contributed by atoms with Gasteiger partial charge in [-0.05, 0) is 31.5 Å². The van der Waals surface area contributed by atoms with Gasteiger partial charge in [0.25, 0.3) is 0 Å². The summed E-state index contributed by atoms with van der Waals surface area (Å²) in [5.74, 6) is -1.14. The first-order chi connectivity index (χ1) is 16.1. The van der Waals surface area contributed by atoms with Gasteiger partial charge in [-0.3, -0.25) is 13.9 Å². The molecule has 0 heterocycles. The molecule has 1 N–H and O–H groups in total.